The number of nitrogens with two attached hydrogens (primary N) is 1. The van der Waals surface area contributed by atoms with Crippen molar-refractivity contribution in [2.75, 3.05) is 5.75 Å². The van der Waals surface area contributed by atoms with Gasteiger partial charge in [-0.05, 0) is 13.8 Å². The lowest BCUT2D eigenvalue weighted by Crippen LogP contribution is -2.25. The van der Waals surface area contributed by atoms with Gasteiger partial charge in [0.05, 0.1) is 23.2 Å². The number of hydrogen-bond donors (Lipinski definition) is 1. The number of carbonyl (C=O) groups excluding carboxylic acids is 1. The average Bonchev–Trinajstić information content (AvgIpc) is 2.71. The molecule has 0 radical (unpaired) electrons. The number of carbonyl (C=O) groups is 1. The van der Waals surface area contributed by atoms with Gasteiger partial charge in [-0.15, -0.1) is 0 Å². The largest absolute Gasteiger partial charge is 0.318 e. The molecule has 0 spiro atoms. The third-order valence-corrected chi connectivity index (χ3v) is 4.99. The van der Waals surface area contributed by atoms with Crippen LogP contribution in [0.2, 0.25) is 0 Å². The highest BCUT2D eigenvalue weighted by Gasteiger charge is 2.22. The van der Waals surface area contributed by atoms with Crippen LogP contribution in [0, 0.1) is 0 Å². The number of aryl methyl sites for hydroxylation is 1. The second-order valence-electron chi connectivity index (χ2n) is 4.56. The van der Waals surface area contributed by atoms with Crippen molar-refractivity contribution in [2.24, 2.45) is 12.8 Å². The summed E-state index contributed by atoms with van der Waals surface area (Å²) in [5.41, 5.74) is 6.36. The van der Waals surface area contributed by atoms with Gasteiger partial charge in [0.1, 0.15) is 0 Å². The van der Waals surface area contributed by atoms with Crippen LogP contribution in [0.1, 0.15) is 31.9 Å². The first-order valence-electron chi connectivity index (χ1n) is 5.72. The Bertz CT molecular complexity index is 519. The van der Waals surface area contributed by atoms with E-state index in [2.05, 4.69) is 5.10 Å². The lowest BCUT2D eigenvalue weighted by molar-refractivity contribution is -0.120. The molecule has 0 amide bonds. The number of Topliss-reactive ketones (excluding diaryl/α,β-unsaturated/α-hetero) is 1. The van der Waals surface area contributed by atoms with E-state index in [0.717, 1.165) is 0 Å². The van der Waals surface area contributed by atoms with Crippen LogP contribution in [0.3, 0.4) is 0 Å². The minimum Gasteiger partial charge on any atom is -0.318 e. The van der Waals surface area contributed by atoms with Gasteiger partial charge < -0.3 is 5.73 Å². The highest BCUT2D eigenvalue weighted by atomic mass is 32.2. The second-order valence-corrected chi connectivity index (χ2v) is 7.23. The van der Waals surface area contributed by atoms with E-state index in [1.807, 2.05) is 0 Å². The van der Waals surface area contributed by atoms with E-state index in [0.29, 0.717) is 5.56 Å². The molecule has 0 aliphatic rings. The summed E-state index contributed by atoms with van der Waals surface area (Å²) in [6, 6.07) is -0.805. The third kappa shape index (κ3) is 3.64. The van der Waals surface area contributed by atoms with Gasteiger partial charge in [-0.2, -0.15) is 5.10 Å². The van der Waals surface area contributed by atoms with Gasteiger partial charge in [-0.3, -0.25) is 9.48 Å². The van der Waals surface area contributed by atoms with Crippen molar-refractivity contribution in [1.29, 1.82) is 0 Å². The molecule has 102 valence electrons. The first kappa shape index (κ1) is 14.8. The van der Waals surface area contributed by atoms with Gasteiger partial charge in [-0.25, -0.2) is 8.42 Å². The van der Waals surface area contributed by atoms with Crippen molar-refractivity contribution in [3.05, 3.63) is 18.0 Å². The van der Waals surface area contributed by atoms with E-state index in [4.69, 9.17) is 5.73 Å². The molecule has 0 saturated heterocycles. The van der Waals surface area contributed by atoms with Crippen molar-refractivity contribution in [3.63, 3.8) is 0 Å². The lowest BCUT2D eigenvalue weighted by Gasteiger charge is -2.10. The fourth-order valence-corrected chi connectivity index (χ4v) is 2.38. The zero-order chi connectivity index (χ0) is 13.9. The monoisotopic (exact) mass is 273 g/mol. The summed E-state index contributed by atoms with van der Waals surface area (Å²) < 4.78 is 24.7. The number of nitrogens with zero attached hydrogens (tertiary/aromatic N) is 2. The summed E-state index contributed by atoms with van der Waals surface area (Å²) in [6.07, 6.45) is 3.11. The molecule has 18 heavy (non-hydrogen) atoms. The quantitative estimate of drug-likeness (QED) is 0.799. The lowest BCUT2D eigenvalue weighted by atomic mass is 10.1. The van der Waals surface area contributed by atoms with E-state index in [-0.39, 0.29) is 18.0 Å². The number of aromatic nitrogens is 2. The normalized spacial score (nSPS) is 13.8. The first-order valence-corrected chi connectivity index (χ1v) is 7.44. The summed E-state index contributed by atoms with van der Waals surface area (Å²) in [7, 11) is -1.47. The standard InChI is InChI=1S/C11H19N3O3S/c1-8(2)18(16,17)5-4-10(15)11(12)9-6-13-14(3)7-9/h6-8,11H,4-5,12H2,1-3H3. The Kier molecular flexibility index (Phi) is 4.64. The smallest absolute Gasteiger partial charge is 0.155 e. The van der Waals surface area contributed by atoms with Crippen molar-refractivity contribution < 1.29 is 13.2 Å². The maximum atomic E-state index is 11.8. The van der Waals surface area contributed by atoms with Gasteiger partial charge in [-0.1, -0.05) is 0 Å². The van der Waals surface area contributed by atoms with Crippen LogP contribution in [0.15, 0.2) is 12.4 Å². The molecule has 0 fully saturated rings. The topological polar surface area (TPSA) is 95.1 Å². The van der Waals surface area contributed by atoms with Gasteiger partial charge in [0.15, 0.2) is 15.6 Å². The van der Waals surface area contributed by atoms with Crippen LogP contribution in [0.5, 0.6) is 0 Å². The minimum atomic E-state index is -3.20. The molecule has 2 N–H and O–H groups in total. The van der Waals surface area contributed by atoms with E-state index >= 15 is 0 Å². The Balaban J connectivity index is 2.62. The van der Waals surface area contributed by atoms with Crippen LogP contribution >= 0.6 is 0 Å². The number of ketones is 1. The van der Waals surface area contributed by atoms with Crippen LogP contribution in [-0.4, -0.2) is 35.0 Å². The van der Waals surface area contributed by atoms with E-state index in [1.54, 1.807) is 31.8 Å². The maximum Gasteiger partial charge on any atom is 0.155 e. The Labute approximate surface area is 107 Å². The van der Waals surface area contributed by atoms with Gasteiger partial charge >= 0.3 is 0 Å². The van der Waals surface area contributed by atoms with Crippen LogP contribution in [0.4, 0.5) is 0 Å². The Hall–Kier alpha value is -1.21. The molecule has 6 nitrogen and oxygen atoms in total. The second kappa shape index (κ2) is 5.62. The Morgan fingerprint density at radius 2 is 2.11 bits per heavy atom. The van der Waals surface area contributed by atoms with E-state index < -0.39 is 21.1 Å². The van der Waals surface area contributed by atoms with Crippen LogP contribution in [-0.2, 0) is 21.7 Å². The molecule has 0 bridgehead atoms. The summed E-state index contributed by atoms with van der Waals surface area (Å²) >= 11 is 0. The maximum absolute atomic E-state index is 11.8. The molecular weight excluding hydrogens is 254 g/mol. The fraction of sp³-hybridized carbons (Fsp3) is 0.636. The third-order valence-electron chi connectivity index (χ3n) is 2.78. The zero-order valence-corrected chi connectivity index (χ0v) is 11.6. The van der Waals surface area contributed by atoms with Crippen molar-refractivity contribution in [3.8, 4) is 0 Å². The molecule has 0 saturated carbocycles. The number of sulfone groups is 1. The molecule has 1 heterocycles. The van der Waals surface area contributed by atoms with Crippen molar-refractivity contribution in [1.82, 2.24) is 9.78 Å². The molecule has 1 rings (SSSR count). The number of rotatable bonds is 6. The van der Waals surface area contributed by atoms with Crippen LogP contribution < -0.4 is 5.73 Å². The molecule has 0 aliphatic carbocycles. The predicted octanol–water partition coefficient (Wildman–Crippen LogP) is 0.202. The first-order chi connectivity index (χ1) is 8.24. The molecule has 1 atom stereocenters. The van der Waals surface area contributed by atoms with Gasteiger partial charge in [0, 0.05) is 25.2 Å². The molecular formula is C11H19N3O3S. The summed E-state index contributed by atoms with van der Waals surface area (Å²) in [4.78, 5) is 11.8. The number of hydrogen-bond acceptors (Lipinski definition) is 5. The molecule has 0 aliphatic heterocycles. The molecule has 1 aromatic rings. The average molecular weight is 273 g/mol. The fourth-order valence-electron chi connectivity index (χ4n) is 1.42. The van der Waals surface area contributed by atoms with Crippen LogP contribution in [0.25, 0.3) is 0 Å². The summed E-state index contributed by atoms with van der Waals surface area (Å²) in [6.45, 7) is 3.20. The summed E-state index contributed by atoms with van der Waals surface area (Å²) in [5.74, 6) is -0.440. The minimum absolute atomic E-state index is 0.0590. The molecule has 0 aromatic carbocycles. The van der Waals surface area contributed by atoms with E-state index in [9.17, 15) is 13.2 Å². The molecule has 1 aromatic heterocycles. The van der Waals surface area contributed by atoms with Gasteiger partial charge in [0.2, 0.25) is 0 Å². The highest BCUT2D eigenvalue weighted by molar-refractivity contribution is 7.91. The van der Waals surface area contributed by atoms with E-state index in [1.165, 1.54) is 6.20 Å². The summed E-state index contributed by atoms with van der Waals surface area (Å²) in [5, 5.41) is 3.45. The highest BCUT2D eigenvalue weighted by Crippen LogP contribution is 2.13. The molecule has 7 heteroatoms. The van der Waals surface area contributed by atoms with Crippen molar-refractivity contribution in [2.45, 2.75) is 31.6 Å². The SMILES string of the molecule is CC(C)S(=O)(=O)CCC(=O)C(N)c1cnn(C)c1. The molecule has 1 unspecified atom stereocenters. The zero-order valence-electron chi connectivity index (χ0n) is 10.8. The Morgan fingerprint density at radius 1 is 1.50 bits per heavy atom. The Morgan fingerprint density at radius 3 is 2.56 bits per heavy atom. The predicted molar refractivity (Wildman–Crippen MR) is 68.7 cm³/mol. The van der Waals surface area contributed by atoms with Gasteiger partial charge in [0.25, 0.3) is 0 Å². The van der Waals surface area contributed by atoms with Crippen molar-refractivity contribution >= 4 is 15.6 Å².